The highest BCUT2D eigenvalue weighted by Crippen LogP contribution is 2.26. The van der Waals surface area contributed by atoms with E-state index in [1.807, 2.05) is 6.07 Å². The summed E-state index contributed by atoms with van der Waals surface area (Å²) < 4.78 is 25.7. The molecule has 0 aliphatic rings. The van der Waals surface area contributed by atoms with E-state index in [1.54, 1.807) is 54.6 Å². The fourth-order valence-electron chi connectivity index (χ4n) is 5.03. The highest BCUT2D eigenvalue weighted by atomic mass is 19.1. The predicted octanol–water partition coefficient (Wildman–Crippen LogP) is 4.93. The van der Waals surface area contributed by atoms with Crippen molar-refractivity contribution in [2.24, 2.45) is 5.73 Å². The molecule has 13 nitrogen and oxygen atoms in total. The maximum Gasteiger partial charge on any atom is 0.412 e. The van der Waals surface area contributed by atoms with Gasteiger partial charge in [0.15, 0.2) is 11.7 Å². The molecule has 0 saturated carbocycles. The Hall–Kier alpha value is -6.93. The van der Waals surface area contributed by atoms with Crippen LogP contribution in [0, 0.1) is 5.82 Å². The van der Waals surface area contributed by atoms with Gasteiger partial charge in [0.25, 0.3) is 5.56 Å². The first-order valence-corrected chi connectivity index (χ1v) is 15.4. The van der Waals surface area contributed by atoms with Gasteiger partial charge in [-0.3, -0.25) is 24.3 Å². The van der Waals surface area contributed by atoms with Crippen molar-refractivity contribution in [3.63, 3.8) is 0 Å². The fraction of sp³-hybridized carbons (Fsp3) is 0.0811. The van der Waals surface area contributed by atoms with E-state index in [0.717, 1.165) is 16.3 Å². The van der Waals surface area contributed by atoms with Crippen LogP contribution >= 0.6 is 0 Å². The number of anilines is 1. The normalized spacial score (nSPS) is 11.9. The minimum atomic E-state index is -1.61. The standard InChI is InChI=1S/C37H29FN6O7/c38-26-14-11-24(12-15-26)34-40-19-29(43-37(49)50-21-23-9-5-2-6-10-23)36(48)44(34)20-31(45)41-28(17-22-7-3-1-4-8-22)32(46)35-42-27-18-25(33(39)47)13-16-30(27)51-35/h1-19,32,46H,20-21H2,(H2,39,47)(H,41,45)(H,43,49). The third-order valence-electron chi connectivity index (χ3n) is 7.52. The number of halogens is 1. The van der Waals surface area contributed by atoms with Crippen LogP contribution in [0.15, 0.2) is 124 Å². The Balaban J connectivity index is 1.30. The molecule has 0 aliphatic carbocycles. The predicted molar refractivity (Wildman–Crippen MR) is 184 cm³/mol. The minimum Gasteiger partial charge on any atom is -0.444 e. The lowest BCUT2D eigenvalue weighted by Gasteiger charge is -2.17. The number of carbonyl (C=O) groups is 3. The highest BCUT2D eigenvalue weighted by molar-refractivity contribution is 5.96. The summed E-state index contributed by atoms with van der Waals surface area (Å²) in [6, 6.07) is 27.1. The zero-order valence-corrected chi connectivity index (χ0v) is 26.7. The smallest absolute Gasteiger partial charge is 0.412 e. The van der Waals surface area contributed by atoms with Crippen molar-refractivity contribution in [2.75, 3.05) is 5.32 Å². The first kappa shape index (κ1) is 34.0. The molecule has 4 aromatic carbocycles. The quantitative estimate of drug-likeness (QED) is 0.146. The fourth-order valence-corrected chi connectivity index (χ4v) is 5.03. The van der Waals surface area contributed by atoms with Crippen LogP contribution in [0.2, 0.25) is 0 Å². The molecule has 0 fully saturated rings. The maximum absolute atomic E-state index is 13.8. The van der Waals surface area contributed by atoms with Gasteiger partial charge < -0.3 is 25.3 Å². The summed E-state index contributed by atoms with van der Waals surface area (Å²) in [6.07, 6.45) is 0.0633. The van der Waals surface area contributed by atoms with Gasteiger partial charge in [-0.2, -0.15) is 0 Å². The third kappa shape index (κ3) is 8.21. The Morgan fingerprint density at radius 3 is 2.39 bits per heavy atom. The lowest BCUT2D eigenvalue weighted by molar-refractivity contribution is -0.121. The van der Waals surface area contributed by atoms with E-state index in [1.165, 1.54) is 48.5 Å². The van der Waals surface area contributed by atoms with Crippen molar-refractivity contribution in [1.29, 1.82) is 0 Å². The first-order chi connectivity index (χ1) is 24.6. The number of benzene rings is 4. The van der Waals surface area contributed by atoms with Gasteiger partial charge in [0.1, 0.15) is 36.0 Å². The van der Waals surface area contributed by atoms with E-state index in [4.69, 9.17) is 14.9 Å². The van der Waals surface area contributed by atoms with Crippen LogP contribution in [0.5, 0.6) is 0 Å². The molecule has 0 saturated heterocycles. The molecular weight excluding hydrogens is 659 g/mol. The van der Waals surface area contributed by atoms with Gasteiger partial charge in [-0.15, -0.1) is 0 Å². The van der Waals surface area contributed by atoms with E-state index in [-0.39, 0.29) is 46.4 Å². The second-order valence-electron chi connectivity index (χ2n) is 11.1. The maximum atomic E-state index is 13.8. The average molecular weight is 689 g/mol. The Morgan fingerprint density at radius 1 is 0.980 bits per heavy atom. The summed E-state index contributed by atoms with van der Waals surface area (Å²) in [7, 11) is 0. The lowest BCUT2D eigenvalue weighted by atomic mass is 10.1. The molecule has 6 aromatic rings. The van der Waals surface area contributed by atoms with Crippen LogP contribution in [0.25, 0.3) is 28.6 Å². The number of primary amides is 1. The van der Waals surface area contributed by atoms with E-state index < -0.39 is 41.9 Å². The van der Waals surface area contributed by atoms with Gasteiger partial charge in [-0.05, 0) is 59.7 Å². The number of oxazole rings is 1. The number of fused-ring (bicyclic) bond motifs is 1. The monoisotopic (exact) mass is 688 g/mol. The van der Waals surface area contributed by atoms with Gasteiger partial charge in [0.05, 0.1) is 11.9 Å². The largest absolute Gasteiger partial charge is 0.444 e. The number of aromatic nitrogens is 3. The van der Waals surface area contributed by atoms with Crippen LogP contribution in [0.1, 0.15) is 33.5 Å². The number of amides is 3. The molecule has 0 spiro atoms. The molecule has 0 aliphatic heterocycles. The van der Waals surface area contributed by atoms with Crippen molar-refractivity contribution in [3.8, 4) is 11.4 Å². The van der Waals surface area contributed by atoms with Gasteiger partial charge in [0.2, 0.25) is 17.7 Å². The third-order valence-corrected chi connectivity index (χ3v) is 7.52. The number of aliphatic hydroxyl groups is 1. The Bertz CT molecular complexity index is 2310. The first-order valence-electron chi connectivity index (χ1n) is 15.4. The minimum absolute atomic E-state index is 0.00306. The Labute approximate surface area is 288 Å². The van der Waals surface area contributed by atoms with Crippen molar-refractivity contribution in [3.05, 3.63) is 154 Å². The van der Waals surface area contributed by atoms with E-state index in [2.05, 4.69) is 20.6 Å². The number of hydrogen-bond acceptors (Lipinski definition) is 9. The number of carbonyl (C=O) groups excluding carboxylic acids is 3. The number of nitrogens with one attached hydrogen (secondary N) is 2. The van der Waals surface area contributed by atoms with Crippen molar-refractivity contribution >= 4 is 40.8 Å². The SMILES string of the molecule is NC(=O)c1ccc2oc(C(O)C(=Cc3ccccc3)NC(=O)Cn3c(-c4ccc(F)cc4)ncc(NC(=O)OCc4ccccc4)c3=O)nc2c1. The highest BCUT2D eigenvalue weighted by Gasteiger charge is 2.24. The number of hydrogen-bond donors (Lipinski definition) is 4. The molecule has 3 amide bonds. The number of aliphatic hydroxyl groups excluding tert-OH is 1. The second kappa shape index (κ2) is 15.1. The second-order valence-corrected chi connectivity index (χ2v) is 11.1. The van der Waals surface area contributed by atoms with Gasteiger partial charge in [-0.25, -0.2) is 19.2 Å². The van der Waals surface area contributed by atoms with E-state index in [9.17, 15) is 28.7 Å². The van der Waals surface area contributed by atoms with Crippen molar-refractivity contribution in [1.82, 2.24) is 19.9 Å². The van der Waals surface area contributed by atoms with Crippen LogP contribution in [-0.2, 0) is 22.7 Å². The molecule has 14 heteroatoms. The summed E-state index contributed by atoms with van der Waals surface area (Å²) in [6.45, 7) is -0.711. The molecular formula is C37H29FN6O7. The number of nitrogens with two attached hydrogens (primary N) is 1. The topological polar surface area (TPSA) is 192 Å². The van der Waals surface area contributed by atoms with Gasteiger partial charge in [0, 0.05) is 11.1 Å². The molecule has 1 unspecified atom stereocenters. The number of nitrogens with zero attached hydrogens (tertiary/aromatic N) is 3. The molecule has 6 rings (SSSR count). The molecule has 5 N–H and O–H groups in total. The van der Waals surface area contributed by atoms with Crippen LogP contribution in [0.3, 0.4) is 0 Å². The van der Waals surface area contributed by atoms with Crippen molar-refractivity contribution in [2.45, 2.75) is 19.3 Å². The van der Waals surface area contributed by atoms with Gasteiger partial charge >= 0.3 is 6.09 Å². The zero-order chi connectivity index (χ0) is 35.9. The molecule has 51 heavy (non-hydrogen) atoms. The number of ether oxygens (including phenoxy) is 1. The summed E-state index contributed by atoms with van der Waals surface area (Å²) in [5, 5.41) is 16.4. The van der Waals surface area contributed by atoms with Crippen LogP contribution in [-0.4, -0.2) is 37.5 Å². The van der Waals surface area contributed by atoms with E-state index >= 15 is 0 Å². The summed E-state index contributed by atoms with van der Waals surface area (Å²) in [5.41, 5.74) is 6.55. The summed E-state index contributed by atoms with van der Waals surface area (Å²) in [4.78, 5) is 60.3. The Morgan fingerprint density at radius 2 is 1.69 bits per heavy atom. The molecule has 256 valence electrons. The molecule has 1 atom stereocenters. The summed E-state index contributed by atoms with van der Waals surface area (Å²) in [5.74, 6) is -2.18. The average Bonchev–Trinajstić information content (AvgIpc) is 3.57. The molecule has 0 radical (unpaired) electrons. The van der Waals surface area contributed by atoms with Crippen LogP contribution in [0.4, 0.5) is 14.9 Å². The Kier molecular flexibility index (Phi) is 10.0. The van der Waals surface area contributed by atoms with Crippen molar-refractivity contribution < 1.29 is 33.0 Å². The zero-order valence-electron chi connectivity index (χ0n) is 26.7. The van der Waals surface area contributed by atoms with E-state index in [0.29, 0.717) is 11.1 Å². The molecule has 2 heterocycles. The molecule has 0 bridgehead atoms. The van der Waals surface area contributed by atoms with Crippen LogP contribution < -0.4 is 21.9 Å². The van der Waals surface area contributed by atoms with Gasteiger partial charge in [-0.1, -0.05) is 60.7 Å². The lowest BCUT2D eigenvalue weighted by Crippen LogP contribution is -2.35. The molecule has 2 aromatic heterocycles. The number of rotatable bonds is 11. The summed E-state index contributed by atoms with van der Waals surface area (Å²) >= 11 is 0.